The van der Waals surface area contributed by atoms with Gasteiger partial charge in [0.15, 0.2) is 28.7 Å². The van der Waals surface area contributed by atoms with Crippen LogP contribution in [0.5, 0.6) is 28.7 Å². The topological polar surface area (TPSA) is 84.8 Å². The van der Waals surface area contributed by atoms with Crippen LogP contribution in [0.25, 0.3) is 6.08 Å². The Kier molecular flexibility index (Phi) is 4.52. The van der Waals surface area contributed by atoms with E-state index in [0.29, 0.717) is 39.9 Å². The zero-order valence-corrected chi connectivity index (χ0v) is 15.5. The van der Waals surface area contributed by atoms with Crippen molar-refractivity contribution in [2.24, 2.45) is 4.99 Å². The third kappa shape index (κ3) is 3.09. The molecule has 2 aliphatic heterocycles. The number of nitrogens with zero attached hydrogens (tertiary/aromatic N) is 1. The van der Waals surface area contributed by atoms with Crippen molar-refractivity contribution in [1.82, 2.24) is 0 Å². The summed E-state index contributed by atoms with van der Waals surface area (Å²) in [6.45, 7) is 0.164. The molecule has 0 N–H and O–H groups in total. The number of esters is 1. The number of fused-ring (bicyclic) bond motifs is 1. The summed E-state index contributed by atoms with van der Waals surface area (Å²) in [6.07, 6.45) is 1.59. The first-order valence-electron chi connectivity index (χ1n) is 8.35. The summed E-state index contributed by atoms with van der Waals surface area (Å²) in [6, 6.07) is 8.65. The summed E-state index contributed by atoms with van der Waals surface area (Å²) in [5.74, 6) is 2.27. The first kappa shape index (κ1) is 17.7. The van der Waals surface area contributed by atoms with Gasteiger partial charge >= 0.3 is 5.97 Å². The number of carbonyl (C=O) groups excluding carboxylic acids is 1. The number of cyclic esters (lactones) is 1. The number of methoxy groups -OCH3 is 3. The lowest BCUT2D eigenvalue weighted by atomic mass is 10.1. The molecule has 2 aromatic carbocycles. The average molecular weight is 383 g/mol. The molecule has 4 rings (SSSR count). The van der Waals surface area contributed by atoms with Crippen molar-refractivity contribution >= 4 is 17.9 Å². The van der Waals surface area contributed by atoms with Crippen LogP contribution in [-0.2, 0) is 9.53 Å². The maximum Gasteiger partial charge on any atom is 0.363 e. The van der Waals surface area contributed by atoms with Crippen LogP contribution in [0.1, 0.15) is 11.1 Å². The second-order valence-corrected chi connectivity index (χ2v) is 5.86. The predicted molar refractivity (Wildman–Crippen MR) is 99.3 cm³/mol. The van der Waals surface area contributed by atoms with Crippen LogP contribution < -0.4 is 23.7 Å². The summed E-state index contributed by atoms with van der Waals surface area (Å²) in [7, 11) is 4.57. The standard InChI is InChI=1S/C20H17NO7/c1-23-16-7-11(8-17(24-2)18(16)25-3)6-13-20(22)28-19(21-13)12-4-5-14-15(9-12)27-10-26-14/h4-9H,10H2,1-3H3/b13-6+. The normalized spacial score (nSPS) is 16.0. The van der Waals surface area contributed by atoms with Crippen LogP contribution in [-0.4, -0.2) is 40.0 Å². The fourth-order valence-electron chi connectivity index (χ4n) is 2.90. The van der Waals surface area contributed by atoms with Crippen LogP contribution in [0.4, 0.5) is 0 Å². The zero-order valence-electron chi connectivity index (χ0n) is 15.5. The van der Waals surface area contributed by atoms with Crippen molar-refractivity contribution in [2.75, 3.05) is 28.1 Å². The van der Waals surface area contributed by atoms with E-state index < -0.39 is 5.97 Å². The Bertz CT molecular complexity index is 985. The smallest absolute Gasteiger partial charge is 0.363 e. The summed E-state index contributed by atoms with van der Waals surface area (Å²) < 4.78 is 31.9. The lowest BCUT2D eigenvalue weighted by Crippen LogP contribution is -2.05. The number of carbonyl (C=O) groups is 1. The van der Waals surface area contributed by atoms with Gasteiger partial charge in [-0.1, -0.05) is 0 Å². The van der Waals surface area contributed by atoms with Crippen molar-refractivity contribution in [3.8, 4) is 28.7 Å². The molecule has 8 heteroatoms. The first-order chi connectivity index (χ1) is 13.6. The van der Waals surface area contributed by atoms with Crippen molar-refractivity contribution in [3.05, 3.63) is 47.2 Å². The quantitative estimate of drug-likeness (QED) is 0.580. The van der Waals surface area contributed by atoms with E-state index in [9.17, 15) is 4.79 Å². The van der Waals surface area contributed by atoms with Crippen LogP contribution in [0.15, 0.2) is 41.0 Å². The molecule has 0 bridgehead atoms. The molecule has 0 atom stereocenters. The molecule has 0 aliphatic carbocycles. The van der Waals surface area contributed by atoms with Gasteiger partial charge in [-0.2, -0.15) is 0 Å². The fraction of sp³-hybridized carbons (Fsp3) is 0.200. The predicted octanol–water partition coefficient (Wildman–Crippen LogP) is 2.79. The minimum absolute atomic E-state index is 0.155. The minimum atomic E-state index is -0.554. The number of rotatable bonds is 5. The Balaban J connectivity index is 1.69. The van der Waals surface area contributed by atoms with Crippen LogP contribution in [0.2, 0.25) is 0 Å². The first-order valence-corrected chi connectivity index (χ1v) is 8.35. The molecule has 0 spiro atoms. The summed E-state index contributed by atoms with van der Waals surface area (Å²) in [5, 5.41) is 0. The summed E-state index contributed by atoms with van der Waals surface area (Å²) in [5.41, 5.74) is 1.42. The monoisotopic (exact) mass is 383 g/mol. The number of aliphatic imine (C=N–C) groups is 1. The minimum Gasteiger partial charge on any atom is -0.493 e. The van der Waals surface area contributed by atoms with Gasteiger partial charge in [0.1, 0.15) is 0 Å². The highest BCUT2D eigenvalue weighted by atomic mass is 16.7. The largest absolute Gasteiger partial charge is 0.493 e. The third-order valence-corrected chi connectivity index (χ3v) is 4.23. The molecule has 8 nitrogen and oxygen atoms in total. The Morgan fingerprint density at radius 3 is 2.36 bits per heavy atom. The van der Waals surface area contributed by atoms with Crippen molar-refractivity contribution in [2.45, 2.75) is 0 Å². The highest BCUT2D eigenvalue weighted by Crippen LogP contribution is 2.39. The lowest BCUT2D eigenvalue weighted by Gasteiger charge is -2.12. The van der Waals surface area contributed by atoms with Crippen molar-refractivity contribution in [1.29, 1.82) is 0 Å². The Morgan fingerprint density at radius 1 is 0.964 bits per heavy atom. The molecule has 0 saturated carbocycles. The lowest BCUT2D eigenvalue weighted by molar-refractivity contribution is -0.129. The zero-order chi connectivity index (χ0) is 19.7. The van der Waals surface area contributed by atoms with E-state index in [0.717, 1.165) is 0 Å². The van der Waals surface area contributed by atoms with Gasteiger partial charge < -0.3 is 28.4 Å². The number of ether oxygens (including phenoxy) is 6. The highest BCUT2D eigenvalue weighted by Gasteiger charge is 2.26. The van der Waals surface area contributed by atoms with Gasteiger partial charge in [0.2, 0.25) is 18.4 Å². The summed E-state index contributed by atoms with van der Waals surface area (Å²) in [4.78, 5) is 16.6. The van der Waals surface area contributed by atoms with Crippen LogP contribution in [0, 0.1) is 0 Å². The van der Waals surface area contributed by atoms with E-state index in [-0.39, 0.29) is 18.4 Å². The fourth-order valence-corrected chi connectivity index (χ4v) is 2.90. The maximum absolute atomic E-state index is 12.3. The van der Waals surface area contributed by atoms with E-state index in [2.05, 4.69) is 4.99 Å². The van der Waals surface area contributed by atoms with Gasteiger partial charge in [0, 0.05) is 5.56 Å². The van der Waals surface area contributed by atoms with Crippen LogP contribution in [0.3, 0.4) is 0 Å². The molecule has 0 unspecified atom stereocenters. The number of benzene rings is 2. The van der Waals surface area contributed by atoms with E-state index in [1.54, 1.807) is 36.4 Å². The second-order valence-electron chi connectivity index (χ2n) is 5.86. The molecule has 2 aromatic rings. The van der Waals surface area contributed by atoms with E-state index in [4.69, 9.17) is 28.4 Å². The van der Waals surface area contributed by atoms with E-state index in [1.807, 2.05) is 0 Å². The molecule has 0 radical (unpaired) electrons. The van der Waals surface area contributed by atoms with Gasteiger partial charge in [-0.3, -0.25) is 0 Å². The molecule has 0 saturated heterocycles. The van der Waals surface area contributed by atoms with Crippen LogP contribution >= 0.6 is 0 Å². The Morgan fingerprint density at radius 2 is 1.68 bits per heavy atom. The molecule has 0 amide bonds. The Labute approximate surface area is 160 Å². The van der Waals surface area contributed by atoms with Crippen molar-refractivity contribution in [3.63, 3.8) is 0 Å². The molecule has 144 valence electrons. The molecule has 0 aromatic heterocycles. The maximum atomic E-state index is 12.3. The van der Waals surface area contributed by atoms with E-state index in [1.165, 1.54) is 21.3 Å². The number of hydrogen-bond acceptors (Lipinski definition) is 8. The number of hydrogen-bond donors (Lipinski definition) is 0. The molecular weight excluding hydrogens is 366 g/mol. The highest BCUT2D eigenvalue weighted by molar-refractivity contribution is 6.13. The second kappa shape index (κ2) is 7.15. The summed E-state index contributed by atoms with van der Waals surface area (Å²) >= 11 is 0. The molecule has 28 heavy (non-hydrogen) atoms. The third-order valence-electron chi connectivity index (χ3n) is 4.23. The van der Waals surface area contributed by atoms with Gasteiger partial charge in [-0.15, -0.1) is 0 Å². The van der Waals surface area contributed by atoms with Crippen molar-refractivity contribution < 1.29 is 33.2 Å². The molecule has 2 aliphatic rings. The average Bonchev–Trinajstić information content (AvgIpc) is 3.33. The van der Waals surface area contributed by atoms with Gasteiger partial charge in [-0.25, -0.2) is 9.79 Å². The van der Waals surface area contributed by atoms with E-state index >= 15 is 0 Å². The molecular formula is C20H17NO7. The van der Waals surface area contributed by atoms with Gasteiger partial charge in [-0.05, 0) is 42.0 Å². The Hall–Kier alpha value is -3.68. The van der Waals surface area contributed by atoms with Gasteiger partial charge in [0.25, 0.3) is 0 Å². The SMILES string of the molecule is COc1cc(/C=C2/N=C(c3ccc4c(c3)OCO4)OC2=O)cc(OC)c1OC. The molecule has 2 heterocycles. The van der Waals surface area contributed by atoms with Gasteiger partial charge in [0.05, 0.1) is 21.3 Å². The molecule has 0 fully saturated rings.